The molecule has 0 aromatic heterocycles. The molecule has 0 amide bonds. The van der Waals surface area contributed by atoms with Crippen LogP contribution in [0.5, 0.6) is 0 Å². The van der Waals surface area contributed by atoms with Gasteiger partial charge in [0, 0.05) is 19.8 Å². The lowest BCUT2D eigenvalue weighted by atomic mass is 9.85. The van der Waals surface area contributed by atoms with Crippen molar-refractivity contribution >= 4 is 0 Å². The summed E-state index contributed by atoms with van der Waals surface area (Å²) in [6, 6.07) is 0.425. The van der Waals surface area contributed by atoms with Crippen LogP contribution < -0.4 is 5.32 Å². The van der Waals surface area contributed by atoms with Crippen molar-refractivity contribution in [2.75, 3.05) is 47.2 Å². The standard InChI is InChI=1S/C12H25NO4/c1-4-16-12-10(13-2)9-11(12)17-8-7-15-6-5-14-3/h10-13H,4-9H2,1-3H3. The Kier molecular flexibility index (Phi) is 7.72. The van der Waals surface area contributed by atoms with E-state index in [1.807, 2.05) is 14.0 Å². The molecule has 1 saturated carbocycles. The number of rotatable bonds is 10. The first-order valence-corrected chi connectivity index (χ1v) is 6.30. The Morgan fingerprint density at radius 2 is 1.88 bits per heavy atom. The quantitative estimate of drug-likeness (QED) is 0.567. The molecule has 5 nitrogen and oxygen atoms in total. The second-order valence-electron chi connectivity index (χ2n) is 4.07. The first kappa shape index (κ1) is 14.9. The first-order valence-electron chi connectivity index (χ1n) is 6.30. The topological polar surface area (TPSA) is 49.0 Å². The Bertz CT molecular complexity index is 191. The van der Waals surface area contributed by atoms with Crippen molar-refractivity contribution in [3.63, 3.8) is 0 Å². The monoisotopic (exact) mass is 247 g/mol. The smallest absolute Gasteiger partial charge is 0.0990 e. The summed E-state index contributed by atoms with van der Waals surface area (Å²) in [6.45, 7) is 5.23. The van der Waals surface area contributed by atoms with E-state index in [1.165, 1.54) is 0 Å². The molecule has 0 saturated heterocycles. The maximum atomic E-state index is 5.72. The molecule has 0 aliphatic heterocycles. The molecular formula is C12H25NO4. The number of hydrogen-bond donors (Lipinski definition) is 1. The highest BCUT2D eigenvalue weighted by Gasteiger charge is 2.41. The van der Waals surface area contributed by atoms with Gasteiger partial charge in [0.1, 0.15) is 0 Å². The van der Waals surface area contributed by atoms with Crippen LogP contribution in [-0.2, 0) is 18.9 Å². The zero-order chi connectivity index (χ0) is 12.5. The van der Waals surface area contributed by atoms with Gasteiger partial charge in [-0.15, -0.1) is 0 Å². The SMILES string of the molecule is CCOC1C(NC)CC1OCCOCCOC. The van der Waals surface area contributed by atoms with Crippen LogP contribution in [0.15, 0.2) is 0 Å². The van der Waals surface area contributed by atoms with Gasteiger partial charge in [0.05, 0.1) is 38.6 Å². The third kappa shape index (κ3) is 4.89. The molecule has 1 fully saturated rings. The van der Waals surface area contributed by atoms with Crippen molar-refractivity contribution in [2.45, 2.75) is 31.6 Å². The van der Waals surface area contributed by atoms with Crippen molar-refractivity contribution < 1.29 is 18.9 Å². The highest BCUT2D eigenvalue weighted by molar-refractivity contribution is 4.96. The van der Waals surface area contributed by atoms with Crippen LogP contribution >= 0.6 is 0 Å². The molecule has 1 aliphatic rings. The lowest BCUT2D eigenvalue weighted by molar-refractivity contribution is -0.150. The van der Waals surface area contributed by atoms with Crippen molar-refractivity contribution in [3.8, 4) is 0 Å². The van der Waals surface area contributed by atoms with E-state index in [0.717, 1.165) is 13.0 Å². The Hall–Kier alpha value is -0.200. The van der Waals surface area contributed by atoms with Gasteiger partial charge in [-0.05, 0) is 20.4 Å². The summed E-state index contributed by atoms with van der Waals surface area (Å²) in [7, 11) is 3.62. The van der Waals surface area contributed by atoms with Crippen molar-refractivity contribution in [2.24, 2.45) is 0 Å². The molecule has 0 spiro atoms. The fourth-order valence-electron chi connectivity index (χ4n) is 1.95. The van der Waals surface area contributed by atoms with Gasteiger partial charge in [-0.1, -0.05) is 0 Å². The molecule has 0 aromatic carbocycles. The predicted octanol–water partition coefficient (Wildman–Crippen LogP) is 0.431. The predicted molar refractivity (Wildman–Crippen MR) is 65.3 cm³/mol. The summed E-state index contributed by atoms with van der Waals surface area (Å²) < 4.78 is 21.6. The van der Waals surface area contributed by atoms with Crippen molar-refractivity contribution in [1.82, 2.24) is 5.32 Å². The minimum Gasteiger partial charge on any atom is -0.382 e. The van der Waals surface area contributed by atoms with Gasteiger partial charge in [-0.3, -0.25) is 0 Å². The largest absolute Gasteiger partial charge is 0.382 e. The second-order valence-corrected chi connectivity index (χ2v) is 4.07. The lowest BCUT2D eigenvalue weighted by Crippen LogP contribution is -2.59. The van der Waals surface area contributed by atoms with E-state index in [9.17, 15) is 0 Å². The Balaban J connectivity index is 2.03. The molecule has 0 aromatic rings. The average Bonchev–Trinajstić information content (AvgIpc) is 2.33. The zero-order valence-electron chi connectivity index (χ0n) is 11.1. The highest BCUT2D eigenvalue weighted by Crippen LogP contribution is 2.26. The van der Waals surface area contributed by atoms with Gasteiger partial charge in [0.15, 0.2) is 0 Å². The maximum absolute atomic E-state index is 5.72. The normalized spacial score (nSPS) is 28.1. The van der Waals surface area contributed by atoms with E-state index in [4.69, 9.17) is 18.9 Å². The molecule has 3 atom stereocenters. The Morgan fingerprint density at radius 1 is 1.12 bits per heavy atom. The molecule has 0 heterocycles. The molecule has 1 rings (SSSR count). The van der Waals surface area contributed by atoms with E-state index >= 15 is 0 Å². The number of nitrogens with one attached hydrogen (secondary N) is 1. The number of methoxy groups -OCH3 is 1. The second kappa shape index (κ2) is 8.83. The molecule has 3 unspecified atom stereocenters. The van der Waals surface area contributed by atoms with Crippen LogP contribution in [0.25, 0.3) is 0 Å². The van der Waals surface area contributed by atoms with E-state index in [0.29, 0.717) is 32.5 Å². The molecule has 0 bridgehead atoms. The van der Waals surface area contributed by atoms with Gasteiger partial charge >= 0.3 is 0 Å². The van der Waals surface area contributed by atoms with Crippen LogP contribution in [0.4, 0.5) is 0 Å². The van der Waals surface area contributed by atoms with Crippen molar-refractivity contribution in [1.29, 1.82) is 0 Å². The van der Waals surface area contributed by atoms with E-state index in [1.54, 1.807) is 7.11 Å². The summed E-state index contributed by atoms with van der Waals surface area (Å²) >= 11 is 0. The van der Waals surface area contributed by atoms with Gasteiger partial charge in [-0.25, -0.2) is 0 Å². The minimum absolute atomic E-state index is 0.184. The maximum Gasteiger partial charge on any atom is 0.0990 e. The van der Waals surface area contributed by atoms with Crippen molar-refractivity contribution in [3.05, 3.63) is 0 Å². The summed E-state index contributed by atoms with van der Waals surface area (Å²) in [5.74, 6) is 0. The van der Waals surface area contributed by atoms with Gasteiger partial charge in [0.25, 0.3) is 0 Å². The minimum atomic E-state index is 0.184. The molecule has 102 valence electrons. The fraction of sp³-hybridized carbons (Fsp3) is 1.00. The Labute approximate surface area is 104 Å². The highest BCUT2D eigenvalue weighted by atomic mass is 16.6. The zero-order valence-corrected chi connectivity index (χ0v) is 11.1. The molecule has 5 heteroatoms. The lowest BCUT2D eigenvalue weighted by Gasteiger charge is -2.43. The third-order valence-corrected chi connectivity index (χ3v) is 2.97. The van der Waals surface area contributed by atoms with E-state index < -0.39 is 0 Å². The summed E-state index contributed by atoms with van der Waals surface area (Å²) in [5.41, 5.74) is 0. The van der Waals surface area contributed by atoms with E-state index in [-0.39, 0.29) is 12.2 Å². The summed E-state index contributed by atoms with van der Waals surface area (Å²) in [5, 5.41) is 3.23. The third-order valence-electron chi connectivity index (χ3n) is 2.97. The van der Waals surface area contributed by atoms with E-state index in [2.05, 4.69) is 5.32 Å². The van der Waals surface area contributed by atoms with Gasteiger partial charge in [-0.2, -0.15) is 0 Å². The number of hydrogen-bond acceptors (Lipinski definition) is 5. The number of ether oxygens (including phenoxy) is 4. The molecule has 0 radical (unpaired) electrons. The van der Waals surface area contributed by atoms with Crippen LogP contribution in [0, 0.1) is 0 Å². The van der Waals surface area contributed by atoms with Crippen LogP contribution in [0.1, 0.15) is 13.3 Å². The average molecular weight is 247 g/mol. The molecular weight excluding hydrogens is 222 g/mol. The molecule has 1 N–H and O–H groups in total. The first-order chi connectivity index (χ1) is 8.33. The summed E-state index contributed by atoms with van der Waals surface area (Å²) in [4.78, 5) is 0. The number of likely N-dealkylation sites (N-methyl/N-ethyl adjacent to an activating group) is 1. The summed E-state index contributed by atoms with van der Waals surface area (Å²) in [6.07, 6.45) is 1.40. The van der Waals surface area contributed by atoms with Gasteiger partial charge in [0.2, 0.25) is 0 Å². The van der Waals surface area contributed by atoms with Crippen LogP contribution in [0.2, 0.25) is 0 Å². The molecule has 1 aliphatic carbocycles. The van der Waals surface area contributed by atoms with Gasteiger partial charge < -0.3 is 24.3 Å². The Morgan fingerprint density at radius 3 is 2.53 bits per heavy atom. The molecule has 17 heavy (non-hydrogen) atoms. The fourth-order valence-corrected chi connectivity index (χ4v) is 1.95. The van der Waals surface area contributed by atoms with Crippen LogP contribution in [0.3, 0.4) is 0 Å². The van der Waals surface area contributed by atoms with Crippen LogP contribution in [-0.4, -0.2) is 65.4 Å².